The monoisotopic (exact) mass is 299 g/mol. The third-order valence-electron chi connectivity index (χ3n) is 1.64. The molecule has 0 aliphatic carbocycles. The van der Waals surface area contributed by atoms with Gasteiger partial charge < -0.3 is 4.98 Å². The molecule has 0 radical (unpaired) electrons. The highest BCUT2D eigenvalue weighted by molar-refractivity contribution is 9.10. The zero-order valence-corrected chi connectivity index (χ0v) is 9.48. The Balaban J connectivity index is 2.90. The maximum Gasteiger partial charge on any atom is 0.175 e. The van der Waals surface area contributed by atoms with Gasteiger partial charge in [-0.2, -0.15) is 5.26 Å². The van der Waals surface area contributed by atoms with Gasteiger partial charge in [0.1, 0.15) is 11.6 Å². The Morgan fingerprint density at radius 2 is 2.15 bits per heavy atom. The van der Waals surface area contributed by atoms with E-state index < -0.39 is 0 Å². The van der Waals surface area contributed by atoms with E-state index in [9.17, 15) is 0 Å². The lowest BCUT2D eigenvalue weighted by Gasteiger charge is -1.92. The number of halogens is 2. The van der Waals surface area contributed by atoms with Crippen LogP contribution in [0.3, 0.4) is 0 Å². The van der Waals surface area contributed by atoms with Crippen LogP contribution in [0.2, 0.25) is 0 Å². The van der Waals surface area contributed by atoms with Crippen molar-refractivity contribution in [2.24, 2.45) is 0 Å². The number of aromatic nitrogens is 2. The zero-order valence-electron chi connectivity index (χ0n) is 6.31. The topological polar surface area (TPSA) is 52.5 Å². The number of nitriles is 1. The SMILES string of the molecule is N#Cc1cc(Br)cc2[nH]c(Br)nc12. The summed E-state index contributed by atoms with van der Waals surface area (Å²) in [4.78, 5) is 7.14. The molecule has 1 N–H and O–H groups in total. The smallest absolute Gasteiger partial charge is 0.175 e. The molecule has 0 fully saturated rings. The van der Waals surface area contributed by atoms with Gasteiger partial charge in [0.25, 0.3) is 0 Å². The predicted molar refractivity (Wildman–Crippen MR) is 56.2 cm³/mol. The summed E-state index contributed by atoms with van der Waals surface area (Å²) in [6.45, 7) is 0. The Kier molecular flexibility index (Phi) is 2.10. The lowest BCUT2D eigenvalue weighted by atomic mass is 10.2. The van der Waals surface area contributed by atoms with Crippen molar-refractivity contribution in [2.75, 3.05) is 0 Å². The molecule has 0 saturated heterocycles. The summed E-state index contributed by atoms with van der Waals surface area (Å²) in [5.41, 5.74) is 2.10. The zero-order chi connectivity index (χ0) is 9.42. The summed E-state index contributed by atoms with van der Waals surface area (Å²) in [5.74, 6) is 0. The van der Waals surface area contributed by atoms with Crippen molar-refractivity contribution in [1.29, 1.82) is 5.26 Å². The summed E-state index contributed by atoms with van der Waals surface area (Å²) < 4.78 is 1.50. The molecule has 0 aliphatic heterocycles. The van der Waals surface area contributed by atoms with Crippen molar-refractivity contribution in [1.82, 2.24) is 9.97 Å². The second-order valence-electron chi connectivity index (χ2n) is 2.49. The molecule has 64 valence electrons. The second kappa shape index (κ2) is 3.13. The van der Waals surface area contributed by atoms with Gasteiger partial charge >= 0.3 is 0 Å². The summed E-state index contributed by atoms with van der Waals surface area (Å²) in [6, 6.07) is 5.72. The van der Waals surface area contributed by atoms with Gasteiger partial charge in [0, 0.05) is 4.47 Å². The first-order valence-corrected chi connectivity index (χ1v) is 5.04. The maximum atomic E-state index is 8.83. The van der Waals surface area contributed by atoms with E-state index in [0.29, 0.717) is 15.8 Å². The summed E-state index contributed by atoms with van der Waals surface area (Å²) >= 11 is 6.54. The largest absolute Gasteiger partial charge is 0.332 e. The molecule has 2 rings (SSSR count). The van der Waals surface area contributed by atoms with Crippen LogP contribution < -0.4 is 0 Å². The summed E-state index contributed by atoms with van der Waals surface area (Å²) in [5, 5.41) is 8.83. The number of nitrogens with zero attached hydrogens (tertiary/aromatic N) is 2. The van der Waals surface area contributed by atoms with Crippen LogP contribution in [0.4, 0.5) is 0 Å². The van der Waals surface area contributed by atoms with Crippen LogP contribution in [0.5, 0.6) is 0 Å². The van der Waals surface area contributed by atoms with Gasteiger partial charge in [-0.3, -0.25) is 0 Å². The highest BCUT2D eigenvalue weighted by atomic mass is 79.9. The number of benzene rings is 1. The molecule has 0 saturated carbocycles. The fraction of sp³-hybridized carbons (Fsp3) is 0. The van der Waals surface area contributed by atoms with E-state index in [1.165, 1.54) is 0 Å². The van der Waals surface area contributed by atoms with Gasteiger partial charge in [0.05, 0.1) is 11.1 Å². The van der Waals surface area contributed by atoms with Crippen LogP contribution in [-0.2, 0) is 0 Å². The van der Waals surface area contributed by atoms with Gasteiger partial charge in [-0.15, -0.1) is 0 Å². The van der Waals surface area contributed by atoms with E-state index in [1.807, 2.05) is 6.07 Å². The standard InChI is InChI=1S/C8H3Br2N3/c9-5-1-4(3-11)7-6(2-5)12-8(10)13-7/h1-2H,(H,12,13). The van der Waals surface area contributed by atoms with Crippen molar-refractivity contribution < 1.29 is 0 Å². The van der Waals surface area contributed by atoms with E-state index in [1.54, 1.807) is 6.07 Å². The fourth-order valence-corrected chi connectivity index (χ4v) is 1.99. The summed E-state index contributed by atoms with van der Waals surface area (Å²) in [6.07, 6.45) is 0. The lowest BCUT2D eigenvalue weighted by Crippen LogP contribution is -1.78. The Labute approximate surface area is 91.0 Å². The Bertz CT molecular complexity index is 510. The quantitative estimate of drug-likeness (QED) is 0.813. The maximum absolute atomic E-state index is 8.83. The minimum Gasteiger partial charge on any atom is -0.332 e. The molecule has 0 spiro atoms. The van der Waals surface area contributed by atoms with Gasteiger partial charge in [-0.05, 0) is 28.1 Å². The molecule has 13 heavy (non-hydrogen) atoms. The molecule has 0 atom stereocenters. The minimum absolute atomic E-state index is 0.561. The van der Waals surface area contributed by atoms with E-state index in [2.05, 4.69) is 47.9 Å². The molecule has 1 aromatic carbocycles. The highest BCUT2D eigenvalue weighted by Gasteiger charge is 2.06. The second-order valence-corrected chi connectivity index (χ2v) is 4.16. The Hall–Kier alpha value is -0.860. The first-order valence-electron chi connectivity index (χ1n) is 3.45. The van der Waals surface area contributed by atoms with E-state index in [0.717, 1.165) is 9.99 Å². The molecule has 3 nitrogen and oxygen atoms in total. The van der Waals surface area contributed by atoms with Gasteiger partial charge in [-0.25, -0.2) is 4.98 Å². The van der Waals surface area contributed by atoms with E-state index in [-0.39, 0.29) is 0 Å². The van der Waals surface area contributed by atoms with Crippen molar-refractivity contribution in [3.63, 3.8) is 0 Å². The highest BCUT2D eigenvalue weighted by Crippen LogP contribution is 2.23. The number of aromatic amines is 1. The number of H-pyrrole nitrogens is 1. The molecule has 0 aliphatic rings. The molecule has 0 unspecified atom stereocenters. The van der Waals surface area contributed by atoms with Crippen molar-refractivity contribution in [3.8, 4) is 6.07 Å². The van der Waals surface area contributed by atoms with E-state index in [4.69, 9.17) is 5.26 Å². The molecule has 0 bridgehead atoms. The fourth-order valence-electron chi connectivity index (χ4n) is 1.14. The Morgan fingerprint density at radius 1 is 1.38 bits per heavy atom. The van der Waals surface area contributed by atoms with Crippen LogP contribution >= 0.6 is 31.9 Å². The Morgan fingerprint density at radius 3 is 2.85 bits per heavy atom. The van der Waals surface area contributed by atoms with E-state index >= 15 is 0 Å². The van der Waals surface area contributed by atoms with Crippen LogP contribution in [0.1, 0.15) is 5.56 Å². The molecular weight excluding hydrogens is 298 g/mol. The number of fused-ring (bicyclic) bond motifs is 1. The molecule has 1 aromatic heterocycles. The first-order chi connectivity index (χ1) is 6.20. The van der Waals surface area contributed by atoms with Crippen molar-refractivity contribution >= 4 is 42.9 Å². The van der Waals surface area contributed by atoms with Gasteiger partial charge in [-0.1, -0.05) is 15.9 Å². The molecule has 1 heterocycles. The number of imidazole rings is 1. The normalized spacial score (nSPS) is 10.2. The van der Waals surface area contributed by atoms with Crippen molar-refractivity contribution in [2.45, 2.75) is 0 Å². The third-order valence-corrected chi connectivity index (χ3v) is 2.48. The molecular formula is C8H3Br2N3. The average Bonchev–Trinajstić information content (AvgIpc) is 2.43. The van der Waals surface area contributed by atoms with Crippen LogP contribution in [0, 0.1) is 11.3 Å². The molecule has 2 aromatic rings. The van der Waals surface area contributed by atoms with Crippen LogP contribution in [-0.4, -0.2) is 9.97 Å². The van der Waals surface area contributed by atoms with Crippen molar-refractivity contribution in [3.05, 3.63) is 26.9 Å². The number of hydrogen-bond donors (Lipinski definition) is 1. The number of nitrogens with one attached hydrogen (secondary N) is 1. The van der Waals surface area contributed by atoms with Crippen LogP contribution in [0.25, 0.3) is 11.0 Å². The van der Waals surface area contributed by atoms with Gasteiger partial charge in [0.15, 0.2) is 4.73 Å². The average molecular weight is 301 g/mol. The number of hydrogen-bond acceptors (Lipinski definition) is 2. The van der Waals surface area contributed by atoms with Crippen LogP contribution in [0.15, 0.2) is 21.3 Å². The minimum atomic E-state index is 0.561. The first kappa shape index (κ1) is 8.73. The third kappa shape index (κ3) is 1.47. The van der Waals surface area contributed by atoms with Gasteiger partial charge in [0.2, 0.25) is 0 Å². The lowest BCUT2D eigenvalue weighted by molar-refractivity contribution is 1.27. The molecule has 0 amide bonds. The number of rotatable bonds is 0. The predicted octanol–water partition coefficient (Wildman–Crippen LogP) is 2.96. The summed E-state index contributed by atoms with van der Waals surface area (Å²) in [7, 11) is 0. The molecule has 5 heteroatoms.